The molecule has 19 heavy (non-hydrogen) atoms. The summed E-state index contributed by atoms with van der Waals surface area (Å²) in [5.74, 6) is 0.558. The van der Waals surface area contributed by atoms with Crippen LogP contribution in [0, 0.1) is 5.92 Å². The lowest BCUT2D eigenvalue weighted by Gasteiger charge is -2.35. The molecule has 2 aliphatic rings. The highest BCUT2D eigenvalue weighted by molar-refractivity contribution is 5.68. The largest absolute Gasteiger partial charge is 0.443 e. The lowest BCUT2D eigenvalue weighted by atomic mass is 9.92. The molecule has 0 aromatic rings. The van der Waals surface area contributed by atoms with Crippen LogP contribution in [0.5, 0.6) is 0 Å². The first-order chi connectivity index (χ1) is 8.89. The summed E-state index contributed by atoms with van der Waals surface area (Å²) in [4.78, 5) is 13.8. The van der Waals surface area contributed by atoms with Gasteiger partial charge in [0.05, 0.1) is 12.2 Å². The molecule has 1 unspecified atom stereocenters. The molecule has 0 bridgehead atoms. The van der Waals surface area contributed by atoms with Gasteiger partial charge in [0, 0.05) is 13.1 Å². The Bertz CT molecular complexity index is 317. The summed E-state index contributed by atoms with van der Waals surface area (Å²) >= 11 is 0. The third kappa shape index (κ3) is 4.10. The lowest BCUT2D eigenvalue weighted by Crippen LogP contribution is -2.42. The van der Waals surface area contributed by atoms with Crippen LogP contribution < -0.4 is 0 Å². The summed E-state index contributed by atoms with van der Waals surface area (Å²) in [6.07, 6.45) is 4.46. The second-order valence-electron chi connectivity index (χ2n) is 6.53. The molecule has 2 fully saturated rings. The summed E-state index contributed by atoms with van der Waals surface area (Å²) < 4.78 is 11.3. The summed E-state index contributed by atoms with van der Waals surface area (Å²) in [5.41, 5.74) is -0.165. The number of carbonyl (C=O) groups excluding carboxylic acids is 1. The molecule has 1 heterocycles. The molecule has 0 radical (unpaired) electrons. The van der Waals surface area contributed by atoms with E-state index in [1.807, 2.05) is 11.8 Å². The van der Waals surface area contributed by atoms with Crippen molar-refractivity contribution in [3.8, 4) is 0 Å². The fourth-order valence-corrected chi connectivity index (χ4v) is 2.65. The quantitative estimate of drug-likeness (QED) is 0.786. The Morgan fingerprint density at radius 2 is 1.79 bits per heavy atom. The zero-order valence-electron chi connectivity index (χ0n) is 12.6. The number of rotatable bonds is 4. The molecule has 110 valence electrons. The second kappa shape index (κ2) is 5.70. The van der Waals surface area contributed by atoms with Gasteiger partial charge in [-0.05, 0) is 59.3 Å². The number of hydrogen-bond acceptors (Lipinski definition) is 3. The minimum Gasteiger partial charge on any atom is -0.443 e. The maximum Gasteiger partial charge on any atom is 0.410 e. The molecule has 4 heteroatoms. The van der Waals surface area contributed by atoms with E-state index in [-0.39, 0.29) is 23.9 Å². The van der Waals surface area contributed by atoms with E-state index in [4.69, 9.17) is 9.47 Å². The van der Waals surface area contributed by atoms with Crippen molar-refractivity contribution in [3.05, 3.63) is 0 Å². The average molecular weight is 269 g/mol. The molecule has 1 saturated carbocycles. The zero-order valence-corrected chi connectivity index (χ0v) is 12.6. The number of carbonyl (C=O) groups is 1. The first kappa shape index (κ1) is 14.6. The van der Waals surface area contributed by atoms with E-state index >= 15 is 0 Å². The maximum absolute atomic E-state index is 12.0. The van der Waals surface area contributed by atoms with Gasteiger partial charge in [-0.1, -0.05) is 0 Å². The van der Waals surface area contributed by atoms with Crippen LogP contribution in [0.3, 0.4) is 0 Å². The van der Waals surface area contributed by atoms with Crippen molar-refractivity contribution in [3.63, 3.8) is 0 Å². The van der Waals surface area contributed by atoms with Crippen molar-refractivity contribution in [1.82, 2.24) is 4.90 Å². The van der Waals surface area contributed by atoms with Crippen molar-refractivity contribution >= 4 is 6.09 Å². The Morgan fingerprint density at radius 1 is 1.21 bits per heavy atom. The van der Waals surface area contributed by atoms with Crippen LogP contribution in [0.1, 0.15) is 53.4 Å². The highest BCUT2D eigenvalue weighted by atomic mass is 16.6. The SMILES string of the molecule is CC(C)OC(C)C1CCN(C(=O)OC2(C)CC2)CC1. The molecule has 4 nitrogen and oxygen atoms in total. The molecule has 2 rings (SSSR count). The summed E-state index contributed by atoms with van der Waals surface area (Å²) in [5, 5.41) is 0. The van der Waals surface area contributed by atoms with Gasteiger partial charge in [-0.2, -0.15) is 0 Å². The maximum atomic E-state index is 12.0. The normalized spacial score (nSPS) is 24.4. The number of hydrogen-bond donors (Lipinski definition) is 0. The fourth-order valence-electron chi connectivity index (χ4n) is 2.65. The molecule has 1 aliphatic carbocycles. The highest BCUT2D eigenvalue weighted by Gasteiger charge is 2.43. The fraction of sp³-hybridized carbons (Fsp3) is 0.933. The monoisotopic (exact) mass is 269 g/mol. The van der Waals surface area contributed by atoms with E-state index < -0.39 is 0 Å². The van der Waals surface area contributed by atoms with Gasteiger partial charge < -0.3 is 14.4 Å². The van der Waals surface area contributed by atoms with E-state index in [2.05, 4.69) is 20.8 Å². The Kier molecular flexibility index (Phi) is 4.39. The van der Waals surface area contributed by atoms with Crippen molar-refractivity contribution < 1.29 is 14.3 Å². The third-order valence-corrected chi connectivity index (χ3v) is 4.24. The van der Waals surface area contributed by atoms with Gasteiger partial charge in [-0.3, -0.25) is 0 Å². The molecule has 0 spiro atoms. The van der Waals surface area contributed by atoms with E-state index in [1.165, 1.54) is 0 Å². The van der Waals surface area contributed by atoms with Gasteiger partial charge in [0.2, 0.25) is 0 Å². The lowest BCUT2D eigenvalue weighted by molar-refractivity contribution is -0.0328. The van der Waals surface area contributed by atoms with Gasteiger partial charge in [0.15, 0.2) is 0 Å². The van der Waals surface area contributed by atoms with Crippen LogP contribution >= 0.6 is 0 Å². The average Bonchev–Trinajstić information content (AvgIpc) is 3.06. The van der Waals surface area contributed by atoms with Gasteiger partial charge >= 0.3 is 6.09 Å². The van der Waals surface area contributed by atoms with E-state index in [0.717, 1.165) is 38.8 Å². The number of likely N-dealkylation sites (tertiary alicyclic amines) is 1. The predicted molar refractivity (Wildman–Crippen MR) is 74.1 cm³/mol. The molecule has 0 aromatic carbocycles. The Morgan fingerprint density at radius 3 is 2.26 bits per heavy atom. The van der Waals surface area contributed by atoms with Gasteiger partial charge in [0.1, 0.15) is 5.60 Å². The number of amides is 1. The number of ether oxygens (including phenoxy) is 2. The second-order valence-corrected chi connectivity index (χ2v) is 6.53. The summed E-state index contributed by atoms with van der Waals surface area (Å²) in [6.45, 7) is 9.88. The van der Waals surface area contributed by atoms with Crippen LogP contribution in [0.25, 0.3) is 0 Å². The number of nitrogens with zero attached hydrogens (tertiary/aromatic N) is 1. The summed E-state index contributed by atoms with van der Waals surface area (Å²) in [7, 11) is 0. The Labute approximate surface area is 116 Å². The smallest absolute Gasteiger partial charge is 0.410 e. The van der Waals surface area contributed by atoms with E-state index in [0.29, 0.717) is 5.92 Å². The molecule has 1 saturated heterocycles. The van der Waals surface area contributed by atoms with Crippen LogP contribution in [-0.2, 0) is 9.47 Å². The first-order valence-electron chi connectivity index (χ1n) is 7.53. The Balaban J connectivity index is 1.74. The van der Waals surface area contributed by atoms with Crippen molar-refractivity contribution in [2.75, 3.05) is 13.1 Å². The van der Waals surface area contributed by atoms with Crippen LogP contribution in [-0.4, -0.2) is 41.9 Å². The highest BCUT2D eigenvalue weighted by Crippen LogP contribution is 2.39. The van der Waals surface area contributed by atoms with Gasteiger partial charge in [-0.15, -0.1) is 0 Å². The van der Waals surface area contributed by atoms with Gasteiger partial charge in [0.25, 0.3) is 0 Å². The van der Waals surface area contributed by atoms with Crippen LogP contribution in [0.4, 0.5) is 4.79 Å². The van der Waals surface area contributed by atoms with Gasteiger partial charge in [-0.25, -0.2) is 4.79 Å². The zero-order chi connectivity index (χ0) is 14.0. The number of piperidine rings is 1. The van der Waals surface area contributed by atoms with Crippen molar-refractivity contribution in [2.24, 2.45) is 5.92 Å². The molecule has 0 aromatic heterocycles. The molecular formula is C15H27NO3. The Hall–Kier alpha value is -0.770. The molecular weight excluding hydrogens is 242 g/mol. The minimum absolute atomic E-state index is 0.129. The minimum atomic E-state index is -0.165. The molecule has 0 N–H and O–H groups in total. The molecule has 1 atom stereocenters. The van der Waals surface area contributed by atoms with E-state index in [1.54, 1.807) is 0 Å². The van der Waals surface area contributed by atoms with Crippen LogP contribution in [0.15, 0.2) is 0 Å². The molecule has 1 aliphatic heterocycles. The third-order valence-electron chi connectivity index (χ3n) is 4.24. The predicted octanol–water partition coefficient (Wildman–Crippen LogP) is 3.20. The van der Waals surface area contributed by atoms with Crippen molar-refractivity contribution in [2.45, 2.75) is 71.2 Å². The molecule has 1 amide bonds. The summed E-state index contributed by atoms with van der Waals surface area (Å²) in [6, 6.07) is 0. The standard InChI is InChI=1S/C15H27NO3/c1-11(2)18-12(3)13-5-9-16(10-6-13)14(17)19-15(4)7-8-15/h11-13H,5-10H2,1-4H3. The van der Waals surface area contributed by atoms with Crippen molar-refractivity contribution in [1.29, 1.82) is 0 Å². The van der Waals surface area contributed by atoms with E-state index in [9.17, 15) is 4.79 Å². The first-order valence-corrected chi connectivity index (χ1v) is 7.53. The van der Waals surface area contributed by atoms with Crippen LogP contribution in [0.2, 0.25) is 0 Å². The topological polar surface area (TPSA) is 38.8 Å².